The normalized spacial score (nSPS) is 29.1. The van der Waals surface area contributed by atoms with Crippen LogP contribution >= 0.6 is 0 Å². The van der Waals surface area contributed by atoms with Gasteiger partial charge in [0.25, 0.3) is 0 Å². The Morgan fingerprint density at radius 2 is 1.57 bits per heavy atom. The third-order valence-electron chi connectivity index (χ3n) is 6.43. The van der Waals surface area contributed by atoms with Crippen molar-refractivity contribution in [2.75, 3.05) is 29.9 Å². The summed E-state index contributed by atoms with van der Waals surface area (Å²) in [7, 11) is 0. The SMILES string of the molecule is CC1CN(c2ccc(NC(=O)CCN3C(=O)C4CCCCC4C3=O)cc2)CC(C)O1. The number of fused-ring (bicyclic) bond motifs is 1. The zero-order chi connectivity index (χ0) is 21.3. The van der Waals surface area contributed by atoms with Gasteiger partial charge in [-0.15, -0.1) is 0 Å². The first-order valence-corrected chi connectivity index (χ1v) is 11.1. The number of rotatable bonds is 5. The molecule has 4 atom stereocenters. The number of nitrogens with zero attached hydrogens (tertiary/aromatic N) is 2. The lowest BCUT2D eigenvalue weighted by Gasteiger charge is -2.36. The predicted octanol–water partition coefficient (Wildman–Crippen LogP) is 2.80. The summed E-state index contributed by atoms with van der Waals surface area (Å²) < 4.78 is 5.78. The Kier molecular flexibility index (Phi) is 6.09. The lowest BCUT2D eigenvalue weighted by atomic mass is 9.81. The molecule has 30 heavy (non-hydrogen) atoms. The first kappa shape index (κ1) is 20.8. The summed E-state index contributed by atoms with van der Waals surface area (Å²) in [5.41, 5.74) is 1.82. The van der Waals surface area contributed by atoms with Crippen LogP contribution in [0.25, 0.3) is 0 Å². The maximum atomic E-state index is 12.5. The third kappa shape index (κ3) is 4.36. The Hall–Kier alpha value is -2.41. The van der Waals surface area contributed by atoms with E-state index in [4.69, 9.17) is 4.74 Å². The van der Waals surface area contributed by atoms with Crippen molar-refractivity contribution in [1.82, 2.24) is 4.90 Å². The fourth-order valence-corrected chi connectivity index (χ4v) is 5.03. The Morgan fingerprint density at radius 1 is 1.00 bits per heavy atom. The average Bonchev–Trinajstić information content (AvgIpc) is 2.97. The molecule has 3 fully saturated rings. The number of carbonyl (C=O) groups is 3. The summed E-state index contributed by atoms with van der Waals surface area (Å²) in [6, 6.07) is 7.77. The molecule has 4 rings (SSSR count). The Bertz CT molecular complexity index is 775. The van der Waals surface area contributed by atoms with E-state index in [1.807, 2.05) is 24.3 Å². The quantitative estimate of drug-likeness (QED) is 0.751. The number of amides is 3. The molecule has 162 valence electrons. The molecule has 3 aliphatic rings. The van der Waals surface area contributed by atoms with Gasteiger partial charge in [0.05, 0.1) is 24.0 Å². The van der Waals surface area contributed by atoms with E-state index >= 15 is 0 Å². The topological polar surface area (TPSA) is 79.0 Å². The minimum atomic E-state index is -0.188. The molecule has 4 unspecified atom stereocenters. The number of hydrogen-bond acceptors (Lipinski definition) is 5. The summed E-state index contributed by atoms with van der Waals surface area (Å²) in [4.78, 5) is 41.0. The van der Waals surface area contributed by atoms with Gasteiger partial charge in [0.1, 0.15) is 0 Å². The zero-order valence-corrected chi connectivity index (χ0v) is 17.8. The van der Waals surface area contributed by atoms with Crippen LogP contribution in [0, 0.1) is 11.8 Å². The van der Waals surface area contributed by atoms with Gasteiger partial charge >= 0.3 is 0 Å². The van der Waals surface area contributed by atoms with Gasteiger partial charge < -0.3 is 15.0 Å². The molecule has 2 saturated heterocycles. The van der Waals surface area contributed by atoms with E-state index < -0.39 is 0 Å². The van der Waals surface area contributed by atoms with Crippen LogP contribution in [0.3, 0.4) is 0 Å². The molecule has 0 radical (unpaired) electrons. The van der Waals surface area contributed by atoms with Gasteiger partial charge in [-0.3, -0.25) is 19.3 Å². The van der Waals surface area contributed by atoms with Gasteiger partial charge in [0, 0.05) is 37.4 Å². The second-order valence-electron chi connectivity index (χ2n) is 8.83. The highest BCUT2D eigenvalue weighted by Gasteiger charge is 2.47. The van der Waals surface area contributed by atoms with Crippen molar-refractivity contribution < 1.29 is 19.1 Å². The molecule has 1 aliphatic carbocycles. The number of morpholine rings is 1. The Balaban J connectivity index is 1.29. The van der Waals surface area contributed by atoms with Crippen molar-refractivity contribution in [2.24, 2.45) is 11.8 Å². The Labute approximate surface area is 177 Å². The molecular formula is C23H31N3O4. The highest BCUT2D eigenvalue weighted by molar-refractivity contribution is 6.05. The summed E-state index contributed by atoms with van der Waals surface area (Å²) >= 11 is 0. The second kappa shape index (κ2) is 8.76. The zero-order valence-electron chi connectivity index (χ0n) is 17.8. The van der Waals surface area contributed by atoms with Crippen molar-refractivity contribution in [3.63, 3.8) is 0 Å². The number of hydrogen-bond donors (Lipinski definition) is 1. The first-order chi connectivity index (χ1) is 14.4. The van der Waals surface area contributed by atoms with Crippen molar-refractivity contribution in [3.05, 3.63) is 24.3 Å². The lowest BCUT2D eigenvalue weighted by molar-refractivity contribution is -0.140. The predicted molar refractivity (Wildman–Crippen MR) is 114 cm³/mol. The van der Waals surface area contributed by atoms with Gasteiger partial charge in [-0.25, -0.2) is 0 Å². The van der Waals surface area contributed by atoms with Gasteiger partial charge in [-0.05, 0) is 51.0 Å². The fraction of sp³-hybridized carbons (Fsp3) is 0.609. The van der Waals surface area contributed by atoms with Crippen LogP contribution in [0.2, 0.25) is 0 Å². The average molecular weight is 414 g/mol. The summed E-state index contributed by atoms with van der Waals surface area (Å²) in [5.74, 6) is -0.682. The third-order valence-corrected chi connectivity index (χ3v) is 6.43. The molecule has 1 aromatic rings. The van der Waals surface area contributed by atoms with Crippen LogP contribution in [0.15, 0.2) is 24.3 Å². The van der Waals surface area contributed by atoms with E-state index in [1.165, 1.54) is 4.90 Å². The minimum Gasteiger partial charge on any atom is -0.372 e. The van der Waals surface area contributed by atoms with Crippen molar-refractivity contribution in [2.45, 2.75) is 58.2 Å². The van der Waals surface area contributed by atoms with E-state index in [2.05, 4.69) is 24.1 Å². The van der Waals surface area contributed by atoms with E-state index in [1.54, 1.807) is 0 Å². The fourth-order valence-electron chi connectivity index (χ4n) is 5.03. The van der Waals surface area contributed by atoms with Crippen molar-refractivity contribution >= 4 is 29.1 Å². The number of likely N-dealkylation sites (tertiary alicyclic amines) is 1. The maximum absolute atomic E-state index is 12.5. The number of nitrogens with one attached hydrogen (secondary N) is 1. The summed E-state index contributed by atoms with van der Waals surface area (Å²) in [6.07, 6.45) is 4.10. The van der Waals surface area contributed by atoms with Crippen LogP contribution < -0.4 is 10.2 Å². The second-order valence-corrected chi connectivity index (χ2v) is 8.83. The van der Waals surface area contributed by atoms with Gasteiger partial charge in [-0.2, -0.15) is 0 Å². The van der Waals surface area contributed by atoms with E-state index in [9.17, 15) is 14.4 Å². The molecule has 7 nitrogen and oxygen atoms in total. The molecule has 2 heterocycles. The number of anilines is 2. The summed E-state index contributed by atoms with van der Waals surface area (Å²) in [5, 5.41) is 2.87. The van der Waals surface area contributed by atoms with Crippen molar-refractivity contribution in [3.8, 4) is 0 Å². The molecule has 3 amide bonds. The largest absolute Gasteiger partial charge is 0.372 e. The number of carbonyl (C=O) groups excluding carboxylic acids is 3. The van der Waals surface area contributed by atoms with Crippen LogP contribution in [-0.2, 0) is 19.1 Å². The monoisotopic (exact) mass is 413 g/mol. The van der Waals surface area contributed by atoms with Crippen LogP contribution in [0.5, 0.6) is 0 Å². The molecule has 1 N–H and O–H groups in total. The van der Waals surface area contributed by atoms with E-state index in [0.717, 1.165) is 44.5 Å². The standard InChI is InChI=1S/C23H31N3O4/c1-15-13-25(14-16(2)30-15)18-9-7-17(8-10-18)24-21(27)11-12-26-22(28)19-5-3-4-6-20(19)23(26)29/h7-10,15-16,19-20H,3-6,11-14H2,1-2H3,(H,24,27). The molecule has 0 bridgehead atoms. The molecule has 0 spiro atoms. The van der Waals surface area contributed by atoms with Gasteiger partial charge in [0.15, 0.2) is 0 Å². The van der Waals surface area contributed by atoms with Gasteiger partial charge in [-0.1, -0.05) is 12.8 Å². The number of ether oxygens (including phenoxy) is 1. The van der Waals surface area contributed by atoms with Crippen LogP contribution in [0.1, 0.15) is 46.0 Å². The number of imide groups is 1. The molecule has 1 saturated carbocycles. The molecular weight excluding hydrogens is 382 g/mol. The van der Waals surface area contributed by atoms with Crippen LogP contribution in [0.4, 0.5) is 11.4 Å². The highest BCUT2D eigenvalue weighted by Crippen LogP contribution is 2.38. The van der Waals surface area contributed by atoms with Crippen molar-refractivity contribution in [1.29, 1.82) is 0 Å². The molecule has 7 heteroatoms. The molecule has 1 aromatic carbocycles. The maximum Gasteiger partial charge on any atom is 0.233 e. The lowest BCUT2D eigenvalue weighted by Crippen LogP contribution is -2.45. The Morgan fingerprint density at radius 3 is 2.13 bits per heavy atom. The van der Waals surface area contributed by atoms with E-state index in [-0.39, 0.29) is 54.7 Å². The molecule has 2 aliphatic heterocycles. The minimum absolute atomic E-state index is 0.0872. The van der Waals surface area contributed by atoms with Gasteiger partial charge in [0.2, 0.25) is 17.7 Å². The number of benzene rings is 1. The highest BCUT2D eigenvalue weighted by atomic mass is 16.5. The van der Waals surface area contributed by atoms with Crippen LogP contribution in [-0.4, -0.2) is 54.5 Å². The smallest absolute Gasteiger partial charge is 0.233 e. The van der Waals surface area contributed by atoms with E-state index in [0.29, 0.717) is 5.69 Å². The molecule has 0 aromatic heterocycles. The first-order valence-electron chi connectivity index (χ1n) is 11.1. The summed E-state index contributed by atoms with van der Waals surface area (Å²) in [6.45, 7) is 5.99.